The van der Waals surface area contributed by atoms with Crippen molar-refractivity contribution in [2.24, 2.45) is 34.5 Å². The highest BCUT2D eigenvalue weighted by molar-refractivity contribution is 7.58. The SMILES string of the molecule is CC1CCP(C2C(C)CC(C(C)(C)C)CC2C(C)(C)C)C1. The maximum Gasteiger partial charge on any atom is -0.0150 e. The summed E-state index contributed by atoms with van der Waals surface area (Å²) in [5.41, 5.74) is 2.01. The van der Waals surface area contributed by atoms with E-state index in [1.54, 1.807) is 12.3 Å². The molecule has 0 aromatic rings. The van der Waals surface area contributed by atoms with Gasteiger partial charge in [-0.15, -0.1) is 7.92 Å². The van der Waals surface area contributed by atoms with Gasteiger partial charge in [0.15, 0.2) is 0 Å². The largest absolute Gasteiger partial charge is 0.103 e. The summed E-state index contributed by atoms with van der Waals surface area (Å²) < 4.78 is 0. The van der Waals surface area contributed by atoms with Crippen LogP contribution in [0.15, 0.2) is 0 Å². The Bertz CT molecular complexity index is 346. The first-order valence-electron chi connectivity index (χ1n) is 9.24. The quantitative estimate of drug-likeness (QED) is 0.477. The summed E-state index contributed by atoms with van der Waals surface area (Å²) in [4.78, 5) is 0. The van der Waals surface area contributed by atoms with Gasteiger partial charge >= 0.3 is 0 Å². The minimum Gasteiger partial charge on any atom is -0.103 e. The molecule has 0 bridgehead atoms. The highest BCUT2D eigenvalue weighted by atomic mass is 31.1. The Kier molecular flexibility index (Phi) is 5.20. The van der Waals surface area contributed by atoms with Crippen LogP contribution in [0.5, 0.6) is 0 Å². The number of hydrogen-bond acceptors (Lipinski definition) is 0. The predicted octanol–water partition coefficient (Wildman–Crippen LogP) is 6.63. The van der Waals surface area contributed by atoms with Gasteiger partial charge in [-0.2, -0.15) is 0 Å². The monoisotopic (exact) mass is 310 g/mol. The molecule has 2 rings (SSSR count). The maximum atomic E-state index is 2.59. The van der Waals surface area contributed by atoms with E-state index in [4.69, 9.17) is 0 Å². The fourth-order valence-corrected chi connectivity index (χ4v) is 9.35. The van der Waals surface area contributed by atoms with Crippen molar-refractivity contribution >= 4 is 7.92 Å². The normalized spacial score (nSPS) is 42.3. The average Bonchev–Trinajstić information content (AvgIpc) is 2.72. The number of rotatable bonds is 1. The molecule has 0 radical (unpaired) electrons. The topological polar surface area (TPSA) is 0 Å². The predicted molar refractivity (Wildman–Crippen MR) is 98.5 cm³/mol. The van der Waals surface area contributed by atoms with Gasteiger partial charge in [0.1, 0.15) is 0 Å². The molecule has 6 atom stereocenters. The lowest BCUT2D eigenvalue weighted by Gasteiger charge is -2.52. The highest BCUT2D eigenvalue weighted by Crippen LogP contribution is 2.62. The molecule has 1 heteroatoms. The van der Waals surface area contributed by atoms with Crippen molar-refractivity contribution in [3.8, 4) is 0 Å². The van der Waals surface area contributed by atoms with Crippen LogP contribution >= 0.6 is 7.92 Å². The lowest BCUT2D eigenvalue weighted by molar-refractivity contribution is 0.0595. The second kappa shape index (κ2) is 6.14. The molecule has 0 nitrogen and oxygen atoms in total. The first-order valence-corrected chi connectivity index (χ1v) is 11.0. The van der Waals surface area contributed by atoms with Crippen LogP contribution in [0.2, 0.25) is 0 Å². The molecule has 6 unspecified atom stereocenters. The van der Waals surface area contributed by atoms with Crippen molar-refractivity contribution in [1.29, 1.82) is 0 Å². The standard InChI is InChI=1S/C20H39P/c1-14-9-10-21(13-14)18-15(2)11-16(19(3,4)5)12-17(18)20(6,7)8/h14-18H,9-13H2,1-8H3. The van der Waals surface area contributed by atoms with Crippen LogP contribution in [-0.4, -0.2) is 18.0 Å². The molecule has 0 aromatic carbocycles. The van der Waals surface area contributed by atoms with Gasteiger partial charge in [0, 0.05) is 0 Å². The minimum absolute atomic E-state index is 0.300. The van der Waals surface area contributed by atoms with E-state index in [1.807, 2.05) is 0 Å². The van der Waals surface area contributed by atoms with Crippen LogP contribution in [0.3, 0.4) is 0 Å². The molecule has 21 heavy (non-hydrogen) atoms. The molecule has 1 aliphatic heterocycles. The van der Waals surface area contributed by atoms with Gasteiger partial charge in [0.25, 0.3) is 0 Å². The summed E-state index contributed by atoms with van der Waals surface area (Å²) in [5, 5.41) is 0. The summed E-state index contributed by atoms with van der Waals surface area (Å²) in [6, 6.07) is 0. The second-order valence-corrected chi connectivity index (χ2v) is 12.9. The molecule has 1 saturated carbocycles. The molecule has 0 spiro atoms. The Morgan fingerprint density at radius 1 is 0.857 bits per heavy atom. The summed E-state index contributed by atoms with van der Waals surface area (Å²) in [6.45, 7) is 20.0. The molecular formula is C20H39P. The van der Waals surface area contributed by atoms with Gasteiger partial charge in [-0.25, -0.2) is 0 Å². The molecule has 124 valence electrons. The zero-order chi connectivity index (χ0) is 16.0. The fraction of sp³-hybridized carbons (Fsp3) is 1.00. The van der Waals surface area contributed by atoms with Gasteiger partial charge in [0.2, 0.25) is 0 Å². The summed E-state index contributed by atoms with van der Waals surface area (Å²) in [7, 11) is 0.300. The third-order valence-corrected chi connectivity index (χ3v) is 10.0. The maximum absolute atomic E-state index is 2.59. The first-order chi connectivity index (χ1) is 9.50. The third kappa shape index (κ3) is 4.04. The van der Waals surface area contributed by atoms with Crippen LogP contribution in [0, 0.1) is 34.5 Å². The van der Waals surface area contributed by atoms with Gasteiger partial charge < -0.3 is 0 Å². The van der Waals surface area contributed by atoms with Gasteiger partial charge in [-0.05, 0) is 71.7 Å². The molecule has 2 fully saturated rings. The van der Waals surface area contributed by atoms with E-state index >= 15 is 0 Å². The van der Waals surface area contributed by atoms with Crippen molar-refractivity contribution in [3.63, 3.8) is 0 Å². The van der Waals surface area contributed by atoms with E-state index in [2.05, 4.69) is 55.4 Å². The average molecular weight is 311 g/mol. The second-order valence-electron chi connectivity index (χ2n) is 10.4. The van der Waals surface area contributed by atoms with Crippen LogP contribution < -0.4 is 0 Å². The first kappa shape index (κ1) is 17.8. The zero-order valence-corrected chi connectivity index (χ0v) is 16.8. The van der Waals surface area contributed by atoms with Gasteiger partial charge in [0.05, 0.1) is 0 Å². The lowest BCUT2D eigenvalue weighted by atomic mass is 9.60. The van der Waals surface area contributed by atoms with E-state index in [9.17, 15) is 0 Å². The number of hydrogen-bond donors (Lipinski definition) is 0. The Labute approximate surface area is 135 Å². The fourth-order valence-electron chi connectivity index (χ4n) is 4.95. The third-order valence-electron chi connectivity index (χ3n) is 6.40. The van der Waals surface area contributed by atoms with Crippen molar-refractivity contribution in [3.05, 3.63) is 0 Å². The molecule has 0 aromatic heterocycles. The van der Waals surface area contributed by atoms with Crippen molar-refractivity contribution in [1.82, 2.24) is 0 Å². The van der Waals surface area contributed by atoms with E-state index in [0.29, 0.717) is 18.8 Å². The molecule has 0 N–H and O–H groups in total. The van der Waals surface area contributed by atoms with Crippen LogP contribution in [0.1, 0.15) is 74.7 Å². The van der Waals surface area contributed by atoms with E-state index in [0.717, 1.165) is 29.3 Å². The highest BCUT2D eigenvalue weighted by Gasteiger charge is 2.47. The van der Waals surface area contributed by atoms with Gasteiger partial charge in [-0.1, -0.05) is 55.4 Å². The van der Waals surface area contributed by atoms with Crippen molar-refractivity contribution < 1.29 is 0 Å². The van der Waals surface area contributed by atoms with Crippen molar-refractivity contribution in [2.75, 3.05) is 12.3 Å². The Morgan fingerprint density at radius 2 is 1.48 bits per heavy atom. The summed E-state index contributed by atoms with van der Waals surface area (Å²) in [5.74, 6) is 3.82. The van der Waals surface area contributed by atoms with Crippen LogP contribution in [0.25, 0.3) is 0 Å². The molecule has 1 aliphatic carbocycles. The minimum atomic E-state index is 0.300. The Hall–Kier alpha value is 0.430. The summed E-state index contributed by atoms with van der Waals surface area (Å²) in [6.07, 6.45) is 7.60. The molecular weight excluding hydrogens is 271 g/mol. The van der Waals surface area contributed by atoms with E-state index in [1.165, 1.54) is 19.3 Å². The smallest absolute Gasteiger partial charge is 0.0150 e. The van der Waals surface area contributed by atoms with Gasteiger partial charge in [-0.3, -0.25) is 0 Å². The molecule has 2 aliphatic rings. The zero-order valence-electron chi connectivity index (χ0n) is 15.9. The van der Waals surface area contributed by atoms with Crippen LogP contribution in [-0.2, 0) is 0 Å². The Morgan fingerprint density at radius 3 is 1.90 bits per heavy atom. The Balaban J connectivity index is 2.22. The summed E-state index contributed by atoms with van der Waals surface area (Å²) >= 11 is 0. The molecule has 1 heterocycles. The van der Waals surface area contributed by atoms with E-state index in [-0.39, 0.29) is 0 Å². The van der Waals surface area contributed by atoms with Crippen molar-refractivity contribution in [2.45, 2.75) is 80.3 Å². The van der Waals surface area contributed by atoms with E-state index < -0.39 is 0 Å². The van der Waals surface area contributed by atoms with Crippen LogP contribution in [0.4, 0.5) is 0 Å². The molecule has 1 saturated heterocycles. The molecule has 0 amide bonds. The lowest BCUT2D eigenvalue weighted by Crippen LogP contribution is -2.44.